The highest BCUT2D eigenvalue weighted by Gasteiger charge is 2.64. The van der Waals surface area contributed by atoms with Crippen molar-refractivity contribution in [1.29, 1.82) is 0 Å². The lowest BCUT2D eigenvalue weighted by molar-refractivity contribution is -0.154. The van der Waals surface area contributed by atoms with Gasteiger partial charge in [0.1, 0.15) is 11.7 Å². The Morgan fingerprint density at radius 2 is 2.03 bits per heavy atom. The van der Waals surface area contributed by atoms with Gasteiger partial charge in [-0.05, 0) is 88.3 Å². The standard InChI is InChI=1S/C27H37NO5/c1-15(29)28-20-10-9-19-17-7-5-6-12-27(19)23-18(13-17)16(8-11-22(31)33-26(2,3)4)14-21(30)24(23)32-25(20)27/h14,17,19-20,25,30H,5-13H2,1-4H3,(H,28,29)/t17-,19?,20+,25+,27+/m1/s1. The predicted octanol–water partition coefficient (Wildman–Crippen LogP) is 4.33. The van der Waals surface area contributed by atoms with Crippen LogP contribution in [0, 0.1) is 11.8 Å². The minimum absolute atomic E-state index is 0.0297. The number of carbonyl (C=O) groups excluding carboxylic acids is 2. The number of hydrogen-bond donors (Lipinski definition) is 2. The fraction of sp³-hybridized carbons (Fsp3) is 0.704. The molecule has 0 aromatic heterocycles. The molecule has 0 saturated heterocycles. The number of carbonyl (C=O) groups is 2. The van der Waals surface area contributed by atoms with E-state index in [0.29, 0.717) is 30.4 Å². The lowest BCUT2D eigenvalue weighted by atomic mass is 9.51. The van der Waals surface area contributed by atoms with Gasteiger partial charge in [-0.15, -0.1) is 0 Å². The zero-order chi connectivity index (χ0) is 23.5. The van der Waals surface area contributed by atoms with E-state index in [1.165, 1.54) is 24.0 Å². The summed E-state index contributed by atoms with van der Waals surface area (Å²) in [5.41, 5.74) is 2.85. The van der Waals surface area contributed by atoms with Gasteiger partial charge in [0, 0.05) is 24.3 Å². The van der Waals surface area contributed by atoms with E-state index >= 15 is 0 Å². The van der Waals surface area contributed by atoms with Crippen molar-refractivity contribution in [2.45, 2.75) is 109 Å². The van der Waals surface area contributed by atoms with Gasteiger partial charge >= 0.3 is 5.97 Å². The topological polar surface area (TPSA) is 84.9 Å². The van der Waals surface area contributed by atoms with Crippen molar-refractivity contribution in [3.63, 3.8) is 0 Å². The number of aryl methyl sites for hydroxylation is 1. The average Bonchev–Trinajstić information content (AvgIpc) is 3.00. The minimum atomic E-state index is -0.506. The number of benzene rings is 1. The first-order chi connectivity index (χ1) is 15.6. The number of phenols is 1. The molecule has 0 radical (unpaired) electrons. The summed E-state index contributed by atoms with van der Waals surface area (Å²) < 4.78 is 12.1. The van der Waals surface area contributed by atoms with Crippen molar-refractivity contribution in [1.82, 2.24) is 5.32 Å². The summed E-state index contributed by atoms with van der Waals surface area (Å²) in [6, 6.07) is 1.77. The van der Waals surface area contributed by atoms with Crippen LogP contribution in [-0.2, 0) is 32.6 Å². The Morgan fingerprint density at radius 1 is 1.24 bits per heavy atom. The molecular weight excluding hydrogens is 418 g/mol. The van der Waals surface area contributed by atoms with E-state index in [2.05, 4.69) is 5.32 Å². The van der Waals surface area contributed by atoms with Crippen LogP contribution in [-0.4, -0.2) is 34.7 Å². The van der Waals surface area contributed by atoms with E-state index in [4.69, 9.17) is 9.47 Å². The van der Waals surface area contributed by atoms with Crippen LogP contribution < -0.4 is 10.1 Å². The molecule has 1 spiro atoms. The average molecular weight is 456 g/mol. The lowest BCUT2D eigenvalue weighted by Crippen LogP contribution is -2.61. The molecule has 5 atom stereocenters. The molecule has 2 bridgehead atoms. The zero-order valence-corrected chi connectivity index (χ0v) is 20.3. The molecule has 1 aromatic rings. The summed E-state index contributed by atoms with van der Waals surface area (Å²) >= 11 is 0. The molecule has 2 saturated carbocycles. The number of ether oxygens (including phenoxy) is 2. The highest BCUT2D eigenvalue weighted by atomic mass is 16.6. The third-order valence-corrected chi connectivity index (χ3v) is 8.35. The first-order valence-corrected chi connectivity index (χ1v) is 12.6. The van der Waals surface area contributed by atoms with Crippen molar-refractivity contribution < 1.29 is 24.2 Å². The second kappa shape index (κ2) is 7.92. The van der Waals surface area contributed by atoms with Crippen LogP contribution in [0.15, 0.2) is 6.07 Å². The Balaban J connectivity index is 1.56. The number of rotatable bonds is 4. The van der Waals surface area contributed by atoms with Crippen LogP contribution in [0.1, 0.15) is 89.3 Å². The summed E-state index contributed by atoms with van der Waals surface area (Å²) in [6.07, 6.45) is 8.29. The molecule has 1 amide bonds. The van der Waals surface area contributed by atoms with E-state index in [9.17, 15) is 14.7 Å². The molecule has 180 valence electrons. The summed E-state index contributed by atoms with van der Waals surface area (Å²) in [5, 5.41) is 14.2. The molecule has 5 rings (SSSR count). The van der Waals surface area contributed by atoms with Crippen LogP contribution in [0.2, 0.25) is 0 Å². The van der Waals surface area contributed by atoms with E-state index in [-0.39, 0.29) is 35.2 Å². The molecule has 6 heteroatoms. The van der Waals surface area contributed by atoms with Gasteiger partial charge in [0.15, 0.2) is 11.5 Å². The molecule has 1 aliphatic heterocycles. The molecule has 6 nitrogen and oxygen atoms in total. The number of aromatic hydroxyl groups is 1. The number of phenolic OH excluding ortho intramolecular Hbond substituents is 1. The van der Waals surface area contributed by atoms with Gasteiger partial charge in [-0.1, -0.05) is 12.8 Å². The monoisotopic (exact) mass is 455 g/mol. The van der Waals surface area contributed by atoms with Gasteiger partial charge in [0.25, 0.3) is 0 Å². The van der Waals surface area contributed by atoms with Crippen LogP contribution in [0.4, 0.5) is 0 Å². The van der Waals surface area contributed by atoms with Crippen LogP contribution >= 0.6 is 0 Å². The Hall–Kier alpha value is -2.24. The van der Waals surface area contributed by atoms with Crippen LogP contribution in [0.3, 0.4) is 0 Å². The SMILES string of the molecule is CC(=O)N[C@H]1CCC2[C@@H]3CCCC[C@@]24c2c(c(CCC(=O)OC(C)(C)C)cc(O)c2O[C@@H]14)C3. The van der Waals surface area contributed by atoms with Crippen LogP contribution in [0.5, 0.6) is 11.5 Å². The largest absolute Gasteiger partial charge is 0.504 e. The molecule has 3 aliphatic carbocycles. The predicted molar refractivity (Wildman–Crippen MR) is 124 cm³/mol. The van der Waals surface area contributed by atoms with E-state index in [1.807, 2.05) is 26.8 Å². The molecule has 2 fully saturated rings. The molecule has 2 N–H and O–H groups in total. The van der Waals surface area contributed by atoms with Crippen molar-refractivity contribution in [3.8, 4) is 11.5 Å². The molecule has 1 unspecified atom stereocenters. The first-order valence-electron chi connectivity index (χ1n) is 12.6. The van der Waals surface area contributed by atoms with Crippen molar-refractivity contribution in [2.24, 2.45) is 11.8 Å². The van der Waals surface area contributed by atoms with Gasteiger partial charge in [0.2, 0.25) is 5.91 Å². The number of hydrogen-bond acceptors (Lipinski definition) is 5. The summed E-state index contributed by atoms with van der Waals surface area (Å²) in [7, 11) is 0. The zero-order valence-electron chi connectivity index (χ0n) is 20.3. The van der Waals surface area contributed by atoms with E-state index in [0.717, 1.165) is 37.7 Å². The van der Waals surface area contributed by atoms with Gasteiger partial charge in [0.05, 0.1) is 6.04 Å². The highest BCUT2D eigenvalue weighted by molar-refractivity contribution is 5.74. The molecular formula is C27H37NO5. The highest BCUT2D eigenvalue weighted by Crippen LogP contribution is 2.65. The maximum atomic E-state index is 12.4. The number of amides is 1. The second-order valence-corrected chi connectivity index (χ2v) is 11.6. The fourth-order valence-corrected chi connectivity index (χ4v) is 7.47. The Morgan fingerprint density at radius 3 is 2.76 bits per heavy atom. The van der Waals surface area contributed by atoms with Gasteiger partial charge in [-0.25, -0.2) is 0 Å². The molecule has 33 heavy (non-hydrogen) atoms. The Bertz CT molecular complexity index is 980. The second-order valence-electron chi connectivity index (χ2n) is 11.6. The lowest BCUT2D eigenvalue weighted by Gasteiger charge is -2.53. The maximum absolute atomic E-state index is 12.4. The number of esters is 1. The summed E-state index contributed by atoms with van der Waals surface area (Å²) in [5.74, 6) is 1.65. The minimum Gasteiger partial charge on any atom is -0.504 e. The van der Waals surface area contributed by atoms with Gasteiger partial charge in [-0.2, -0.15) is 0 Å². The summed E-state index contributed by atoms with van der Waals surface area (Å²) in [4.78, 5) is 24.4. The smallest absolute Gasteiger partial charge is 0.306 e. The molecule has 4 aliphatic rings. The first kappa shape index (κ1) is 22.5. The van der Waals surface area contributed by atoms with Crippen molar-refractivity contribution in [2.75, 3.05) is 0 Å². The van der Waals surface area contributed by atoms with Crippen molar-refractivity contribution >= 4 is 11.9 Å². The van der Waals surface area contributed by atoms with Gasteiger partial charge < -0.3 is 19.9 Å². The Kier molecular flexibility index (Phi) is 5.41. The third-order valence-electron chi connectivity index (χ3n) is 8.35. The number of nitrogens with one attached hydrogen (secondary N) is 1. The molecule has 1 heterocycles. The summed E-state index contributed by atoms with van der Waals surface area (Å²) in [6.45, 7) is 7.21. The van der Waals surface area contributed by atoms with E-state index < -0.39 is 5.60 Å². The van der Waals surface area contributed by atoms with Crippen molar-refractivity contribution in [3.05, 3.63) is 22.8 Å². The van der Waals surface area contributed by atoms with E-state index in [1.54, 1.807) is 6.92 Å². The quantitative estimate of drug-likeness (QED) is 0.661. The fourth-order valence-electron chi connectivity index (χ4n) is 7.47. The molecule has 1 aromatic carbocycles. The van der Waals surface area contributed by atoms with Crippen LogP contribution in [0.25, 0.3) is 0 Å². The normalized spacial score (nSPS) is 31.8. The third kappa shape index (κ3) is 3.70. The maximum Gasteiger partial charge on any atom is 0.306 e. The van der Waals surface area contributed by atoms with Gasteiger partial charge in [-0.3, -0.25) is 9.59 Å². The Labute approximate surface area is 196 Å².